The van der Waals surface area contributed by atoms with E-state index in [4.69, 9.17) is 21.1 Å². The molecule has 1 amide bonds. The first-order valence-electron chi connectivity index (χ1n) is 11.1. The van der Waals surface area contributed by atoms with Crippen molar-refractivity contribution in [3.05, 3.63) is 92.3 Å². The summed E-state index contributed by atoms with van der Waals surface area (Å²) in [5.41, 5.74) is 1.50. The average Bonchev–Trinajstić information content (AvgIpc) is 3.16. The average molecular weight is 622 g/mol. The van der Waals surface area contributed by atoms with Crippen molar-refractivity contribution in [1.29, 1.82) is 0 Å². The van der Waals surface area contributed by atoms with Crippen LogP contribution in [0.1, 0.15) is 18.1 Å². The molecular weight excluding hydrogens is 600 g/mol. The fourth-order valence-corrected chi connectivity index (χ4v) is 6.13. The molecule has 3 aromatic rings. The van der Waals surface area contributed by atoms with Gasteiger partial charge in [-0.15, -0.1) is 4.40 Å². The van der Waals surface area contributed by atoms with Crippen molar-refractivity contribution < 1.29 is 22.7 Å². The molecular formula is C26H22BrClN2O5S2. The summed E-state index contributed by atoms with van der Waals surface area (Å²) in [6, 6.07) is 18.8. The number of methoxy groups -OCH3 is 1. The van der Waals surface area contributed by atoms with Crippen molar-refractivity contribution in [2.24, 2.45) is 4.40 Å². The van der Waals surface area contributed by atoms with Crippen LogP contribution in [0.25, 0.3) is 6.08 Å². The van der Waals surface area contributed by atoms with Crippen LogP contribution in [0.4, 0.5) is 0 Å². The number of rotatable bonds is 8. The van der Waals surface area contributed by atoms with E-state index >= 15 is 0 Å². The number of thioether (sulfide) groups is 1. The highest BCUT2D eigenvalue weighted by Gasteiger charge is 2.34. The van der Waals surface area contributed by atoms with Gasteiger partial charge < -0.3 is 9.47 Å². The smallest absolute Gasteiger partial charge is 0.284 e. The molecule has 0 spiro atoms. The quantitative estimate of drug-likeness (QED) is 0.272. The second kappa shape index (κ2) is 11.7. The summed E-state index contributed by atoms with van der Waals surface area (Å²) in [5.74, 6) is 0.676. The van der Waals surface area contributed by atoms with E-state index in [0.29, 0.717) is 27.0 Å². The summed E-state index contributed by atoms with van der Waals surface area (Å²) in [7, 11) is -2.46. The van der Waals surface area contributed by atoms with E-state index in [1.54, 1.807) is 56.5 Å². The summed E-state index contributed by atoms with van der Waals surface area (Å²) in [6.07, 6.45) is 1.67. The molecule has 1 heterocycles. The Bertz CT molecular complexity index is 1490. The van der Waals surface area contributed by atoms with Crippen LogP contribution in [0.5, 0.6) is 11.5 Å². The third kappa shape index (κ3) is 6.38. The van der Waals surface area contributed by atoms with Crippen LogP contribution in [0.2, 0.25) is 5.02 Å². The zero-order valence-electron chi connectivity index (χ0n) is 19.9. The van der Waals surface area contributed by atoms with Crippen molar-refractivity contribution >= 4 is 66.5 Å². The van der Waals surface area contributed by atoms with E-state index in [9.17, 15) is 13.2 Å². The van der Waals surface area contributed by atoms with Gasteiger partial charge in [0, 0.05) is 21.6 Å². The molecule has 0 atom stereocenters. The molecule has 1 saturated heterocycles. The van der Waals surface area contributed by atoms with Crippen LogP contribution < -0.4 is 9.47 Å². The highest BCUT2D eigenvalue weighted by Crippen LogP contribution is 2.36. The molecule has 0 aromatic heterocycles. The lowest BCUT2D eigenvalue weighted by Crippen LogP contribution is -2.29. The predicted molar refractivity (Wildman–Crippen MR) is 150 cm³/mol. The topological polar surface area (TPSA) is 85.3 Å². The van der Waals surface area contributed by atoms with E-state index < -0.39 is 10.0 Å². The van der Waals surface area contributed by atoms with E-state index in [0.717, 1.165) is 21.8 Å². The number of carbonyl (C=O) groups excluding carboxylic acids is 1. The molecule has 1 fully saturated rings. The van der Waals surface area contributed by atoms with Crippen molar-refractivity contribution in [3.63, 3.8) is 0 Å². The molecule has 11 heteroatoms. The number of hydrogen-bond donors (Lipinski definition) is 0. The number of hydrogen-bond acceptors (Lipinski definition) is 6. The number of likely N-dealkylation sites (N-methyl/N-ethyl adjacent to an activating group) is 1. The van der Waals surface area contributed by atoms with Gasteiger partial charge in [-0.1, -0.05) is 51.8 Å². The first kappa shape index (κ1) is 27.3. The lowest BCUT2D eigenvalue weighted by atomic mass is 10.1. The molecule has 0 unspecified atom stereocenters. The van der Waals surface area contributed by atoms with E-state index in [1.165, 1.54) is 17.0 Å². The number of halogens is 2. The molecule has 0 aliphatic carbocycles. The monoisotopic (exact) mass is 620 g/mol. The fraction of sp³-hybridized carbons (Fsp3) is 0.154. The van der Waals surface area contributed by atoms with Crippen molar-refractivity contribution in [2.75, 3.05) is 13.7 Å². The number of benzene rings is 3. The molecule has 1 aliphatic rings. The van der Waals surface area contributed by atoms with Gasteiger partial charge in [-0.3, -0.25) is 9.69 Å². The Morgan fingerprint density at radius 3 is 2.49 bits per heavy atom. The first-order valence-corrected chi connectivity index (χ1v) is 14.5. The Hall–Kier alpha value is -2.79. The third-order valence-corrected chi connectivity index (χ3v) is 8.64. The van der Waals surface area contributed by atoms with Gasteiger partial charge in [-0.25, -0.2) is 0 Å². The fourth-order valence-electron chi connectivity index (χ4n) is 3.44. The Morgan fingerprint density at radius 1 is 1.08 bits per heavy atom. The molecule has 3 aromatic carbocycles. The number of amides is 1. The van der Waals surface area contributed by atoms with Crippen LogP contribution in [0.3, 0.4) is 0 Å². The predicted octanol–water partition coefficient (Wildman–Crippen LogP) is 6.37. The maximum absolute atomic E-state index is 13.1. The molecule has 0 radical (unpaired) electrons. The minimum Gasteiger partial charge on any atom is -0.493 e. The molecule has 4 rings (SSSR count). The first-order chi connectivity index (χ1) is 17.7. The normalized spacial score (nSPS) is 16.0. The van der Waals surface area contributed by atoms with Gasteiger partial charge in [0.25, 0.3) is 15.9 Å². The summed E-state index contributed by atoms with van der Waals surface area (Å²) in [5, 5.41) is 0.697. The maximum Gasteiger partial charge on any atom is 0.284 e. The largest absolute Gasteiger partial charge is 0.493 e. The van der Waals surface area contributed by atoms with Crippen LogP contribution >= 0.6 is 39.3 Å². The second-order valence-electron chi connectivity index (χ2n) is 7.75. The van der Waals surface area contributed by atoms with Crippen LogP contribution in [-0.2, 0) is 21.4 Å². The second-order valence-corrected chi connectivity index (χ2v) is 11.7. The molecule has 0 saturated carbocycles. The number of sulfonamides is 1. The van der Waals surface area contributed by atoms with Gasteiger partial charge >= 0.3 is 0 Å². The minimum atomic E-state index is -4.00. The standard InChI is InChI=1S/C26H22BrClN2O5S2/c1-3-30-25(31)24(36-26(30)29-37(32,33)20-11-9-19(27)10-12-20)15-17-8-13-22(34-2)23(14-17)35-16-18-6-4-5-7-21(18)28/h4-15H,3,16H2,1-2H3/b24-15-,29-26+. The van der Waals surface area contributed by atoms with Crippen molar-refractivity contribution in [1.82, 2.24) is 4.90 Å². The van der Waals surface area contributed by atoms with Crippen molar-refractivity contribution in [2.45, 2.75) is 18.4 Å². The minimum absolute atomic E-state index is 0.0418. The lowest BCUT2D eigenvalue weighted by Gasteiger charge is -2.12. The van der Waals surface area contributed by atoms with E-state index in [2.05, 4.69) is 20.3 Å². The van der Waals surface area contributed by atoms with Gasteiger partial charge in [0.2, 0.25) is 0 Å². The van der Waals surface area contributed by atoms with Gasteiger partial charge in [0.05, 0.1) is 16.9 Å². The van der Waals surface area contributed by atoms with E-state index in [-0.39, 0.29) is 29.1 Å². The van der Waals surface area contributed by atoms with Gasteiger partial charge in [-0.2, -0.15) is 8.42 Å². The number of carbonyl (C=O) groups is 1. The van der Waals surface area contributed by atoms with Gasteiger partial charge in [-0.05, 0) is 72.8 Å². The Labute approximate surface area is 233 Å². The molecule has 1 aliphatic heterocycles. The third-order valence-electron chi connectivity index (χ3n) is 5.34. The zero-order chi connectivity index (χ0) is 26.6. The van der Waals surface area contributed by atoms with Crippen LogP contribution in [0, 0.1) is 0 Å². The lowest BCUT2D eigenvalue weighted by molar-refractivity contribution is -0.122. The molecule has 0 N–H and O–H groups in total. The van der Waals surface area contributed by atoms with Crippen molar-refractivity contribution in [3.8, 4) is 11.5 Å². The molecule has 37 heavy (non-hydrogen) atoms. The highest BCUT2D eigenvalue weighted by molar-refractivity contribution is 9.10. The summed E-state index contributed by atoms with van der Waals surface area (Å²) in [4.78, 5) is 14.8. The summed E-state index contributed by atoms with van der Waals surface area (Å²) >= 11 is 10.5. The Balaban J connectivity index is 1.61. The molecule has 7 nitrogen and oxygen atoms in total. The van der Waals surface area contributed by atoms with Crippen LogP contribution in [0.15, 0.2) is 85.4 Å². The number of nitrogens with zero attached hydrogens (tertiary/aromatic N) is 2. The van der Waals surface area contributed by atoms with E-state index in [1.807, 2.05) is 18.2 Å². The number of ether oxygens (including phenoxy) is 2. The summed E-state index contributed by atoms with van der Waals surface area (Å²) < 4.78 is 41.8. The molecule has 192 valence electrons. The Kier molecular flexibility index (Phi) is 8.63. The summed E-state index contributed by atoms with van der Waals surface area (Å²) in [6.45, 7) is 2.27. The zero-order valence-corrected chi connectivity index (χ0v) is 23.8. The molecule has 0 bridgehead atoms. The number of amidine groups is 1. The van der Waals surface area contributed by atoms with Gasteiger partial charge in [0.15, 0.2) is 16.7 Å². The maximum atomic E-state index is 13.1. The SMILES string of the molecule is CCN1C(=O)/C(=C/c2ccc(OC)c(OCc3ccccc3Cl)c2)S/C1=N/S(=O)(=O)c1ccc(Br)cc1. The Morgan fingerprint density at radius 2 is 1.81 bits per heavy atom. The van der Waals surface area contributed by atoms with Crippen LogP contribution in [-0.4, -0.2) is 38.0 Å². The van der Waals surface area contributed by atoms with Gasteiger partial charge in [0.1, 0.15) is 6.61 Å². The highest BCUT2D eigenvalue weighted by atomic mass is 79.9.